The van der Waals surface area contributed by atoms with Crippen LogP contribution in [0.4, 0.5) is 4.79 Å². The zero-order valence-corrected chi connectivity index (χ0v) is 11.1. The van der Waals surface area contributed by atoms with E-state index in [-0.39, 0.29) is 0 Å². The third-order valence-corrected chi connectivity index (χ3v) is 2.01. The van der Waals surface area contributed by atoms with Crippen molar-refractivity contribution in [3.8, 4) is 11.5 Å². The fraction of sp³-hybridized carbons (Fsp3) is 0.357. The van der Waals surface area contributed by atoms with E-state index in [0.717, 1.165) is 5.56 Å². The van der Waals surface area contributed by atoms with Crippen LogP contribution in [-0.4, -0.2) is 18.9 Å². The summed E-state index contributed by atoms with van der Waals surface area (Å²) in [6.45, 7) is 8.97. The van der Waals surface area contributed by atoms with Gasteiger partial charge < -0.3 is 14.2 Å². The molecule has 0 bridgehead atoms. The lowest BCUT2D eigenvalue weighted by molar-refractivity contribution is 0.0201. The van der Waals surface area contributed by atoms with Crippen molar-refractivity contribution >= 4 is 12.2 Å². The fourth-order valence-corrected chi connectivity index (χ4v) is 1.26. The second kappa shape index (κ2) is 5.58. The zero-order valence-electron chi connectivity index (χ0n) is 11.1. The highest BCUT2D eigenvalue weighted by atomic mass is 16.7. The van der Waals surface area contributed by atoms with Crippen LogP contribution in [0, 0.1) is 0 Å². The number of methoxy groups -OCH3 is 1. The Morgan fingerprint density at radius 1 is 1.28 bits per heavy atom. The van der Waals surface area contributed by atoms with E-state index in [9.17, 15) is 4.79 Å². The first kappa shape index (κ1) is 14.1. The summed E-state index contributed by atoms with van der Waals surface area (Å²) in [7, 11) is 1.50. The van der Waals surface area contributed by atoms with Crippen molar-refractivity contribution in [2.75, 3.05) is 7.11 Å². The molecule has 18 heavy (non-hydrogen) atoms. The normalized spacial score (nSPS) is 10.7. The smallest absolute Gasteiger partial charge is 0.493 e. The molecule has 98 valence electrons. The average Bonchev–Trinajstić information content (AvgIpc) is 2.27. The molecule has 0 aliphatic rings. The maximum absolute atomic E-state index is 11.5. The lowest BCUT2D eigenvalue weighted by Crippen LogP contribution is -2.26. The molecule has 0 amide bonds. The molecular formula is C14H18O4. The van der Waals surface area contributed by atoms with Gasteiger partial charge in [0.05, 0.1) is 7.11 Å². The van der Waals surface area contributed by atoms with Crippen molar-refractivity contribution in [1.82, 2.24) is 0 Å². The van der Waals surface area contributed by atoms with Gasteiger partial charge in [-0.25, -0.2) is 4.79 Å². The van der Waals surface area contributed by atoms with Gasteiger partial charge in [-0.2, -0.15) is 0 Å². The summed E-state index contributed by atoms with van der Waals surface area (Å²) in [4.78, 5) is 11.5. The Kier molecular flexibility index (Phi) is 4.37. The van der Waals surface area contributed by atoms with Crippen molar-refractivity contribution in [3.05, 3.63) is 30.3 Å². The van der Waals surface area contributed by atoms with Crippen LogP contribution >= 0.6 is 0 Å². The monoisotopic (exact) mass is 250 g/mol. The minimum absolute atomic E-state index is 0.317. The molecule has 1 rings (SSSR count). The first-order chi connectivity index (χ1) is 8.35. The van der Waals surface area contributed by atoms with E-state index < -0.39 is 11.8 Å². The topological polar surface area (TPSA) is 44.8 Å². The van der Waals surface area contributed by atoms with Gasteiger partial charge in [0.2, 0.25) is 0 Å². The maximum Gasteiger partial charge on any atom is 0.514 e. The molecule has 0 aliphatic heterocycles. The van der Waals surface area contributed by atoms with Crippen molar-refractivity contribution in [1.29, 1.82) is 0 Å². The van der Waals surface area contributed by atoms with Gasteiger partial charge in [0.25, 0.3) is 0 Å². The lowest BCUT2D eigenvalue weighted by Gasteiger charge is -2.19. The van der Waals surface area contributed by atoms with Gasteiger partial charge >= 0.3 is 6.16 Å². The summed E-state index contributed by atoms with van der Waals surface area (Å²) in [6.07, 6.45) is 0.923. The van der Waals surface area contributed by atoms with Crippen LogP contribution in [0.2, 0.25) is 0 Å². The van der Waals surface area contributed by atoms with Gasteiger partial charge in [-0.15, -0.1) is 0 Å². The molecule has 0 unspecified atom stereocenters. The first-order valence-electron chi connectivity index (χ1n) is 5.57. The second-order valence-electron chi connectivity index (χ2n) is 4.68. The number of hydrogen-bond donors (Lipinski definition) is 0. The second-order valence-corrected chi connectivity index (χ2v) is 4.68. The SMILES string of the molecule is C=Cc1ccc(OC(=O)OC(C)(C)C)c(OC)c1. The quantitative estimate of drug-likeness (QED) is 0.606. The lowest BCUT2D eigenvalue weighted by atomic mass is 10.2. The number of rotatable bonds is 3. The van der Waals surface area contributed by atoms with E-state index in [1.165, 1.54) is 7.11 Å². The Morgan fingerprint density at radius 2 is 1.94 bits per heavy atom. The Bertz CT molecular complexity index is 444. The van der Waals surface area contributed by atoms with Crippen LogP contribution in [0.3, 0.4) is 0 Å². The van der Waals surface area contributed by atoms with Gasteiger partial charge in [0.15, 0.2) is 11.5 Å². The van der Waals surface area contributed by atoms with Crippen LogP contribution in [0.5, 0.6) is 11.5 Å². The van der Waals surface area contributed by atoms with E-state index in [4.69, 9.17) is 14.2 Å². The van der Waals surface area contributed by atoms with E-state index in [2.05, 4.69) is 6.58 Å². The van der Waals surface area contributed by atoms with E-state index >= 15 is 0 Å². The van der Waals surface area contributed by atoms with Gasteiger partial charge in [0.1, 0.15) is 5.60 Å². The largest absolute Gasteiger partial charge is 0.514 e. The third kappa shape index (κ3) is 4.13. The predicted molar refractivity (Wildman–Crippen MR) is 69.9 cm³/mol. The molecule has 0 aromatic heterocycles. The number of carbonyl (C=O) groups excluding carboxylic acids is 1. The maximum atomic E-state index is 11.5. The molecule has 0 heterocycles. The third-order valence-electron chi connectivity index (χ3n) is 2.01. The molecule has 1 aromatic rings. The summed E-state index contributed by atoms with van der Waals surface area (Å²) in [5.41, 5.74) is 0.286. The highest BCUT2D eigenvalue weighted by Crippen LogP contribution is 2.29. The fourth-order valence-electron chi connectivity index (χ4n) is 1.26. The minimum Gasteiger partial charge on any atom is -0.493 e. The summed E-state index contributed by atoms with van der Waals surface area (Å²) >= 11 is 0. The average molecular weight is 250 g/mol. The highest BCUT2D eigenvalue weighted by Gasteiger charge is 2.19. The minimum atomic E-state index is -0.757. The zero-order chi connectivity index (χ0) is 13.8. The number of carbonyl (C=O) groups is 1. The molecule has 4 heteroatoms. The molecule has 0 radical (unpaired) electrons. The van der Waals surface area contributed by atoms with Crippen molar-refractivity contribution < 1.29 is 19.0 Å². The summed E-state index contributed by atoms with van der Waals surface area (Å²) in [5.74, 6) is 0.774. The van der Waals surface area contributed by atoms with Crippen LogP contribution in [-0.2, 0) is 4.74 Å². The summed E-state index contributed by atoms with van der Waals surface area (Å²) in [5, 5.41) is 0. The van der Waals surface area contributed by atoms with Crippen LogP contribution in [0.1, 0.15) is 26.3 Å². The molecule has 0 saturated carbocycles. The predicted octanol–water partition coefficient (Wildman–Crippen LogP) is 3.65. The summed E-state index contributed by atoms with van der Waals surface area (Å²) in [6, 6.07) is 5.14. The molecule has 0 aliphatic carbocycles. The molecule has 0 atom stereocenters. The van der Waals surface area contributed by atoms with E-state index in [1.807, 2.05) is 0 Å². The molecule has 4 nitrogen and oxygen atoms in total. The Labute approximate surface area is 107 Å². The van der Waals surface area contributed by atoms with E-state index in [0.29, 0.717) is 11.5 Å². The van der Waals surface area contributed by atoms with Crippen LogP contribution < -0.4 is 9.47 Å². The number of benzene rings is 1. The molecular weight excluding hydrogens is 232 g/mol. The van der Waals surface area contributed by atoms with Crippen molar-refractivity contribution in [2.45, 2.75) is 26.4 Å². The van der Waals surface area contributed by atoms with Crippen LogP contribution in [0.25, 0.3) is 6.08 Å². The van der Waals surface area contributed by atoms with E-state index in [1.54, 1.807) is 45.0 Å². The van der Waals surface area contributed by atoms with Gasteiger partial charge in [-0.3, -0.25) is 0 Å². The van der Waals surface area contributed by atoms with Gasteiger partial charge in [-0.1, -0.05) is 18.7 Å². The molecule has 1 aromatic carbocycles. The molecule has 0 saturated heterocycles. The first-order valence-corrected chi connectivity index (χ1v) is 5.57. The Morgan fingerprint density at radius 3 is 2.44 bits per heavy atom. The van der Waals surface area contributed by atoms with Crippen LogP contribution in [0.15, 0.2) is 24.8 Å². The summed E-state index contributed by atoms with van der Waals surface area (Å²) < 4.78 is 15.3. The number of ether oxygens (including phenoxy) is 3. The van der Waals surface area contributed by atoms with Crippen molar-refractivity contribution in [3.63, 3.8) is 0 Å². The van der Waals surface area contributed by atoms with Gasteiger partial charge in [-0.05, 0) is 38.5 Å². The van der Waals surface area contributed by atoms with Crippen molar-refractivity contribution in [2.24, 2.45) is 0 Å². The van der Waals surface area contributed by atoms with Gasteiger partial charge in [0, 0.05) is 0 Å². The highest BCUT2D eigenvalue weighted by molar-refractivity contribution is 5.66. The molecule has 0 fully saturated rings. The standard InChI is InChI=1S/C14H18O4/c1-6-10-7-8-11(12(9-10)16-5)17-13(15)18-14(2,3)4/h6-9H,1H2,2-5H3. The number of hydrogen-bond acceptors (Lipinski definition) is 4. The Hall–Kier alpha value is -1.97. The molecule has 0 spiro atoms. The molecule has 0 N–H and O–H groups in total. The Balaban J connectivity index is 2.84.